The maximum absolute atomic E-state index is 11.7. The van der Waals surface area contributed by atoms with Gasteiger partial charge in [-0.3, -0.25) is 9.59 Å². The quantitative estimate of drug-likeness (QED) is 0.830. The van der Waals surface area contributed by atoms with Gasteiger partial charge in [-0.1, -0.05) is 6.07 Å². The van der Waals surface area contributed by atoms with Gasteiger partial charge in [0.25, 0.3) is 0 Å². The first kappa shape index (κ1) is 14.7. The topological polar surface area (TPSA) is 68.3 Å². The third-order valence-electron chi connectivity index (χ3n) is 2.36. The number of amides is 1. The van der Waals surface area contributed by atoms with Gasteiger partial charge in [-0.25, -0.2) is 4.98 Å². The van der Waals surface area contributed by atoms with Crippen LogP contribution in [0.2, 0.25) is 0 Å². The smallest absolute Gasteiger partial charge is 0.325 e. The zero-order valence-electron chi connectivity index (χ0n) is 10.9. The van der Waals surface area contributed by atoms with Gasteiger partial charge >= 0.3 is 5.97 Å². The molecule has 0 unspecified atom stereocenters. The van der Waals surface area contributed by atoms with E-state index in [1.165, 1.54) is 11.3 Å². The highest BCUT2D eigenvalue weighted by Crippen LogP contribution is 2.27. The lowest BCUT2D eigenvalue weighted by Gasteiger charge is -2.03. The molecule has 2 rings (SSSR count). The number of hydrogen-bond acceptors (Lipinski definition) is 6. The number of nitrogens with zero attached hydrogens (tertiary/aromatic N) is 1. The van der Waals surface area contributed by atoms with E-state index < -0.39 is 5.97 Å². The maximum atomic E-state index is 11.7. The Kier molecular flexibility index (Phi) is 5.25. The van der Waals surface area contributed by atoms with Crippen LogP contribution in [-0.2, 0) is 20.7 Å². The van der Waals surface area contributed by atoms with E-state index in [4.69, 9.17) is 4.74 Å². The van der Waals surface area contributed by atoms with E-state index >= 15 is 0 Å². The Labute approximate surface area is 124 Å². The van der Waals surface area contributed by atoms with Gasteiger partial charge < -0.3 is 10.1 Å². The molecule has 20 heavy (non-hydrogen) atoms. The molecule has 0 saturated carbocycles. The zero-order chi connectivity index (χ0) is 14.4. The zero-order valence-corrected chi connectivity index (χ0v) is 12.6. The van der Waals surface area contributed by atoms with Gasteiger partial charge in [-0.2, -0.15) is 0 Å². The van der Waals surface area contributed by atoms with Crippen molar-refractivity contribution < 1.29 is 14.3 Å². The van der Waals surface area contributed by atoms with Gasteiger partial charge in [-0.05, 0) is 18.4 Å². The highest BCUT2D eigenvalue weighted by atomic mass is 32.1. The van der Waals surface area contributed by atoms with Crippen LogP contribution in [0, 0.1) is 0 Å². The molecule has 1 N–H and O–H groups in total. The maximum Gasteiger partial charge on any atom is 0.325 e. The second kappa shape index (κ2) is 7.16. The fourth-order valence-corrected chi connectivity index (χ4v) is 3.15. The molecule has 106 valence electrons. The van der Waals surface area contributed by atoms with Gasteiger partial charge in [0.05, 0.1) is 23.6 Å². The molecule has 0 fully saturated rings. The van der Waals surface area contributed by atoms with Crippen molar-refractivity contribution in [2.75, 3.05) is 13.2 Å². The molecule has 2 aromatic heterocycles. The monoisotopic (exact) mass is 310 g/mol. The molecule has 0 aliphatic carbocycles. The average molecular weight is 310 g/mol. The summed E-state index contributed by atoms with van der Waals surface area (Å²) in [5, 5.41) is 7.27. The molecule has 2 aromatic rings. The first-order valence-corrected chi connectivity index (χ1v) is 7.85. The summed E-state index contributed by atoms with van der Waals surface area (Å²) in [7, 11) is 0. The number of carbonyl (C=O) groups is 2. The van der Waals surface area contributed by atoms with E-state index in [9.17, 15) is 9.59 Å². The largest absolute Gasteiger partial charge is 0.465 e. The van der Waals surface area contributed by atoms with Gasteiger partial charge in [0.15, 0.2) is 0 Å². The minimum atomic E-state index is -0.432. The molecule has 7 heteroatoms. The molecule has 0 aliphatic rings. The number of ether oxygens (including phenoxy) is 1. The van der Waals surface area contributed by atoms with Crippen LogP contribution in [0.25, 0.3) is 9.88 Å². The van der Waals surface area contributed by atoms with Crippen LogP contribution in [0.5, 0.6) is 0 Å². The van der Waals surface area contributed by atoms with Crippen molar-refractivity contribution in [3.63, 3.8) is 0 Å². The summed E-state index contributed by atoms with van der Waals surface area (Å²) in [5.41, 5.74) is 0.708. The summed E-state index contributed by atoms with van der Waals surface area (Å²) in [4.78, 5) is 28.3. The third-order valence-corrected chi connectivity index (χ3v) is 4.29. The van der Waals surface area contributed by atoms with Crippen molar-refractivity contribution in [2.45, 2.75) is 13.3 Å². The summed E-state index contributed by atoms with van der Waals surface area (Å²) in [5.74, 6) is -0.667. The lowest BCUT2D eigenvalue weighted by Crippen LogP contribution is -2.31. The Bertz CT molecular complexity index is 578. The Morgan fingerprint density at radius 1 is 1.40 bits per heavy atom. The lowest BCUT2D eigenvalue weighted by molar-refractivity contribution is -0.143. The van der Waals surface area contributed by atoms with E-state index in [1.807, 2.05) is 22.9 Å². The standard InChI is InChI=1S/C13H14N2O3S2/c1-2-18-12(17)7-14-11(16)6-9-8-20-13(15-9)10-4-3-5-19-10/h3-5,8H,2,6-7H2,1H3,(H,14,16). The normalized spacial score (nSPS) is 10.2. The third kappa shape index (κ3) is 4.14. The first-order chi connectivity index (χ1) is 9.69. The van der Waals surface area contributed by atoms with Crippen LogP contribution in [-0.4, -0.2) is 30.0 Å². The molecule has 0 aliphatic heterocycles. The molecule has 2 heterocycles. The minimum absolute atomic E-state index is 0.103. The van der Waals surface area contributed by atoms with E-state index in [0.29, 0.717) is 12.3 Å². The number of thiazole rings is 1. The predicted octanol–water partition coefficient (Wildman–Crippen LogP) is 2.09. The summed E-state index contributed by atoms with van der Waals surface area (Å²) in [6.45, 7) is 1.93. The highest BCUT2D eigenvalue weighted by Gasteiger charge is 2.10. The fourth-order valence-electron chi connectivity index (χ4n) is 1.51. The number of nitrogens with one attached hydrogen (secondary N) is 1. The van der Waals surface area contributed by atoms with Crippen LogP contribution in [0.4, 0.5) is 0 Å². The van der Waals surface area contributed by atoms with Gasteiger partial charge in [0.2, 0.25) is 5.91 Å². The summed E-state index contributed by atoms with van der Waals surface area (Å²) >= 11 is 3.12. The van der Waals surface area contributed by atoms with Crippen molar-refractivity contribution in [2.24, 2.45) is 0 Å². The van der Waals surface area contributed by atoms with Gasteiger partial charge in [-0.15, -0.1) is 22.7 Å². The average Bonchev–Trinajstić information content (AvgIpc) is 3.07. The van der Waals surface area contributed by atoms with Crippen molar-refractivity contribution in [1.29, 1.82) is 0 Å². The second-order valence-corrected chi connectivity index (χ2v) is 5.69. The SMILES string of the molecule is CCOC(=O)CNC(=O)Cc1csc(-c2cccs2)n1. The van der Waals surface area contributed by atoms with E-state index in [-0.39, 0.29) is 18.9 Å². The Morgan fingerprint density at radius 2 is 2.25 bits per heavy atom. The fraction of sp³-hybridized carbons (Fsp3) is 0.308. The van der Waals surface area contributed by atoms with Crippen molar-refractivity contribution >= 4 is 34.6 Å². The lowest BCUT2D eigenvalue weighted by atomic mass is 10.3. The summed E-state index contributed by atoms with van der Waals surface area (Å²) in [6, 6.07) is 3.96. The molecular weight excluding hydrogens is 296 g/mol. The molecule has 5 nitrogen and oxygen atoms in total. The van der Waals surface area contributed by atoms with Crippen LogP contribution in [0.15, 0.2) is 22.9 Å². The van der Waals surface area contributed by atoms with Crippen LogP contribution < -0.4 is 5.32 Å². The molecule has 1 amide bonds. The minimum Gasteiger partial charge on any atom is -0.465 e. The van der Waals surface area contributed by atoms with Crippen molar-refractivity contribution in [1.82, 2.24) is 10.3 Å². The number of carbonyl (C=O) groups excluding carboxylic acids is 2. The van der Waals surface area contributed by atoms with E-state index in [0.717, 1.165) is 9.88 Å². The van der Waals surface area contributed by atoms with E-state index in [1.54, 1.807) is 18.3 Å². The number of esters is 1. The second-order valence-electron chi connectivity index (χ2n) is 3.88. The number of aromatic nitrogens is 1. The van der Waals surface area contributed by atoms with Crippen molar-refractivity contribution in [3.8, 4) is 9.88 Å². The van der Waals surface area contributed by atoms with Crippen molar-refractivity contribution in [3.05, 3.63) is 28.6 Å². The number of hydrogen-bond donors (Lipinski definition) is 1. The molecule has 0 radical (unpaired) electrons. The molecule has 0 saturated heterocycles. The Balaban J connectivity index is 1.84. The summed E-state index contributed by atoms with van der Waals surface area (Å²) < 4.78 is 4.73. The summed E-state index contributed by atoms with van der Waals surface area (Å²) in [6.07, 6.45) is 0.168. The molecule has 0 atom stereocenters. The van der Waals surface area contributed by atoms with Crippen LogP contribution >= 0.6 is 22.7 Å². The van der Waals surface area contributed by atoms with E-state index in [2.05, 4.69) is 10.3 Å². The Hall–Kier alpha value is -1.73. The highest BCUT2D eigenvalue weighted by molar-refractivity contribution is 7.20. The molecule has 0 bridgehead atoms. The van der Waals surface area contributed by atoms with Gasteiger partial charge in [0.1, 0.15) is 11.6 Å². The van der Waals surface area contributed by atoms with Gasteiger partial charge in [0, 0.05) is 5.38 Å². The molecule has 0 aromatic carbocycles. The Morgan fingerprint density at radius 3 is 2.95 bits per heavy atom. The van der Waals surface area contributed by atoms with Crippen LogP contribution in [0.1, 0.15) is 12.6 Å². The van der Waals surface area contributed by atoms with Crippen LogP contribution in [0.3, 0.4) is 0 Å². The molecule has 0 spiro atoms. The predicted molar refractivity (Wildman–Crippen MR) is 78.8 cm³/mol. The molecular formula is C13H14N2O3S2. The number of thiophene rings is 1. The number of rotatable bonds is 6. The first-order valence-electron chi connectivity index (χ1n) is 6.09.